The van der Waals surface area contributed by atoms with Crippen molar-refractivity contribution in [3.63, 3.8) is 0 Å². The second-order valence-electron chi connectivity index (χ2n) is 1.01. The van der Waals surface area contributed by atoms with Crippen LogP contribution in [0.2, 0.25) is 0 Å². The fourth-order valence-corrected chi connectivity index (χ4v) is 0.660. The lowest BCUT2D eigenvalue weighted by atomic mass is 10.8. The van der Waals surface area contributed by atoms with Crippen molar-refractivity contribution >= 4 is 11.0 Å². The summed E-state index contributed by atoms with van der Waals surface area (Å²) in [6.07, 6.45) is 0. The average molecular weight is 122 g/mol. The molecule has 4 heteroatoms. The van der Waals surface area contributed by atoms with Crippen molar-refractivity contribution in [1.82, 2.24) is 4.72 Å². The van der Waals surface area contributed by atoms with E-state index in [1.165, 1.54) is 0 Å². The first kappa shape index (κ1) is 7.07. The second-order valence-corrected chi connectivity index (χ2v) is 2.32. The minimum atomic E-state index is -0.999. The number of nitrogens with two attached hydrogens (primary N) is 1. The van der Waals surface area contributed by atoms with Gasteiger partial charge in [-0.2, -0.15) is 0 Å². The third-order valence-electron chi connectivity index (χ3n) is 0.457. The van der Waals surface area contributed by atoms with Crippen molar-refractivity contribution in [2.45, 2.75) is 6.92 Å². The highest BCUT2D eigenvalue weighted by atomic mass is 32.2. The molecule has 0 saturated heterocycles. The van der Waals surface area contributed by atoms with Crippen LogP contribution in [0.15, 0.2) is 0 Å². The second kappa shape index (κ2) is 4.23. The van der Waals surface area contributed by atoms with E-state index in [4.69, 9.17) is 5.73 Å². The molecule has 0 aliphatic rings. The van der Waals surface area contributed by atoms with Gasteiger partial charge < -0.3 is 5.73 Å². The Morgan fingerprint density at radius 2 is 2.43 bits per heavy atom. The lowest BCUT2D eigenvalue weighted by Gasteiger charge is -1.93. The Labute approximate surface area is 45.9 Å². The normalized spacial score (nSPS) is 14.0. The summed E-state index contributed by atoms with van der Waals surface area (Å²) < 4.78 is 12.9. The van der Waals surface area contributed by atoms with Crippen LogP contribution in [0.3, 0.4) is 0 Å². The summed E-state index contributed by atoms with van der Waals surface area (Å²) in [5.74, 6) is 0.202. The maximum Gasteiger partial charge on any atom is 0.106 e. The number of hydrogen-bond acceptors (Lipinski definition) is 2. The summed E-state index contributed by atoms with van der Waals surface area (Å²) in [5, 5.41) is 0. The molecule has 0 aromatic heterocycles. The molecular formula is C3H10N2OS. The first-order chi connectivity index (χ1) is 3.31. The molecule has 1 unspecified atom stereocenters. The Kier molecular flexibility index (Phi) is 4.28. The lowest BCUT2D eigenvalue weighted by Crippen LogP contribution is -2.23. The van der Waals surface area contributed by atoms with Gasteiger partial charge in [0.1, 0.15) is 11.0 Å². The van der Waals surface area contributed by atoms with Crippen molar-refractivity contribution in [3.05, 3.63) is 0 Å². The summed E-state index contributed by atoms with van der Waals surface area (Å²) in [7, 11) is -0.999. The average Bonchev–Trinajstić information content (AvgIpc) is 1.68. The van der Waals surface area contributed by atoms with Crippen LogP contribution in [0.1, 0.15) is 6.92 Å². The molecule has 0 heterocycles. The lowest BCUT2D eigenvalue weighted by molar-refractivity contribution is 0.674. The Morgan fingerprint density at radius 1 is 1.86 bits per heavy atom. The molecule has 0 bridgehead atoms. The van der Waals surface area contributed by atoms with Gasteiger partial charge in [0.15, 0.2) is 0 Å². The Balaban J connectivity index is 3.00. The van der Waals surface area contributed by atoms with E-state index >= 15 is 0 Å². The highest BCUT2D eigenvalue weighted by Gasteiger charge is 1.86. The Bertz CT molecular complexity index is 66.0. The predicted octanol–water partition coefficient (Wildman–Crippen LogP) is -0.824. The van der Waals surface area contributed by atoms with Crippen molar-refractivity contribution < 1.29 is 4.21 Å². The number of hydrogen-bond donors (Lipinski definition) is 2. The molecule has 44 valence electrons. The quantitative estimate of drug-likeness (QED) is 0.513. The van der Waals surface area contributed by atoms with Crippen LogP contribution in [-0.4, -0.2) is 16.6 Å². The minimum Gasteiger partial charge on any atom is -0.319 e. The van der Waals surface area contributed by atoms with Gasteiger partial charge in [0, 0.05) is 6.54 Å². The molecule has 0 rings (SSSR count). The van der Waals surface area contributed by atoms with Gasteiger partial charge in [0.05, 0.1) is 5.88 Å². The molecule has 0 saturated carbocycles. The number of rotatable bonds is 3. The summed E-state index contributed by atoms with van der Waals surface area (Å²) in [4.78, 5) is 0. The zero-order chi connectivity index (χ0) is 5.70. The van der Waals surface area contributed by atoms with E-state index in [-0.39, 0.29) is 5.88 Å². The molecule has 0 aromatic carbocycles. The summed E-state index contributed by atoms with van der Waals surface area (Å²) in [6, 6.07) is 0. The standard InChI is InChI=1S/C3H10N2OS/c1-2-5-7(6)3-4/h5H,2-4H2,1H3. The van der Waals surface area contributed by atoms with Gasteiger partial charge in [-0.05, 0) is 0 Å². The third kappa shape index (κ3) is 3.91. The largest absolute Gasteiger partial charge is 0.319 e. The van der Waals surface area contributed by atoms with Crippen molar-refractivity contribution in [3.8, 4) is 0 Å². The van der Waals surface area contributed by atoms with E-state index in [0.29, 0.717) is 6.54 Å². The van der Waals surface area contributed by atoms with E-state index < -0.39 is 11.0 Å². The van der Waals surface area contributed by atoms with Crippen LogP contribution in [0.5, 0.6) is 0 Å². The van der Waals surface area contributed by atoms with Crippen molar-refractivity contribution in [1.29, 1.82) is 0 Å². The molecule has 0 aliphatic heterocycles. The molecule has 0 aromatic rings. The van der Waals surface area contributed by atoms with E-state index in [9.17, 15) is 4.21 Å². The number of nitrogens with one attached hydrogen (secondary N) is 1. The fraction of sp³-hybridized carbons (Fsp3) is 1.00. The Hall–Kier alpha value is 0.0700. The molecule has 3 nitrogen and oxygen atoms in total. The van der Waals surface area contributed by atoms with Gasteiger partial charge in [-0.3, -0.25) is 0 Å². The molecular weight excluding hydrogens is 112 g/mol. The van der Waals surface area contributed by atoms with Gasteiger partial charge in [0.2, 0.25) is 0 Å². The molecule has 0 amide bonds. The first-order valence-electron chi connectivity index (χ1n) is 2.13. The van der Waals surface area contributed by atoms with Gasteiger partial charge >= 0.3 is 0 Å². The van der Waals surface area contributed by atoms with Crippen LogP contribution >= 0.6 is 0 Å². The van der Waals surface area contributed by atoms with Crippen LogP contribution in [0, 0.1) is 0 Å². The van der Waals surface area contributed by atoms with E-state index in [0.717, 1.165) is 0 Å². The zero-order valence-electron chi connectivity index (χ0n) is 4.31. The summed E-state index contributed by atoms with van der Waals surface area (Å²) >= 11 is 0. The maximum atomic E-state index is 10.3. The third-order valence-corrected chi connectivity index (χ3v) is 1.37. The monoisotopic (exact) mass is 122 g/mol. The predicted molar refractivity (Wildman–Crippen MR) is 30.9 cm³/mol. The summed E-state index contributed by atoms with van der Waals surface area (Å²) in [6.45, 7) is 2.59. The molecule has 7 heavy (non-hydrogen) atoms. The van der Waals surface area contributed by atoms with Gasteiger partial charge in [0.25, 0.3) is 0 Å². The van der Waals surface area contributed by atoms with Crippen LogP contribution in [0.4, 0.5) is 0 Å². The molecule has 0 radical (unpaired) electrons. The fourth-order valence-electron chi connectivity index (χ4n) is 0.220. The molecule has 0 spiro atoms. The first-order valence-corrected chi connectivity index (χ1v) is 3.45. The van der Waals surface area contributed by atoms with Crippen LogP contribution < -0.4 is 10.5 Å². The van der Waals surface area contributed by atoms with Crippen LogP contribution in [-0.2, 0) is 11.0 Å². The topological polar surface area (TPSA) is 55.1 Å². The molecule has 1 atom stereocenters. The van der Waals surface area contributed by atoms with Crippen LogP contribution in [0.25, 0.3) is 0 Å². The Morgan fingerprint density at radius 3 is 2.57 bits per heavy atom. The van der Waals surface area contributed by atoms with E-state index in [1.54, 1.807) is 0 Å². The summed E-state index contributed by atoms with van der Waals surface area (Å²) in [5.41, 5.74) is 5.00. The SMILES string of the molecule is CCNS(=O)CN. The van der Waals surface area contributed by atoms with Crippen molar-refractivity contribution in [2.75, 3.05) is 12.4 Å². The smallest absolute Gasteiger partial charge is 0.106 e. The van der Waals surface area contributed by atoms with Gasteiger partial charge in [-0.25, -0.2) is 8.93 Å². The van der Waals surface area contributed by atoms with E-state index in [2.05, 4.69) is 4.72 Å². The van der Waals surface area contributed by atoms with Crippen molar-refractivity contribution in [2.24, 2.45) is 5.73 Å². The van der Waals surface area contributed by atoms with E-state index in [1.807, 2.05) is 6.92 Å². The molecule has 3 N–H and O–H groups in total. The molecule has 0 fully saturated rings. The minimum absolute atomic E-state index is 0.202. The van der Waals surface area contributed by atoms with Gasteiger partial charge in [-0.15, -0.1) is 0 Å². The van der Waals surface area contributed by atoms with Gasteiger partial charge in [-0.1, -0.05) is 6.92 Å². The maximum absolute atomic E-state index is 10.3. The highest BCUT2D eigenvalue weighted by molar-refractivity contribution is 7.82. The highest BCUT2D eigenvalue weighted by Crippen LogP contribution is 1.63. The zero-order valence-corrected chi connectivity index (χ0v) is 5.12. The molecule has 0 aliphatic carbocycles.